The van der Waals surface area contributed by atoms with Gasteiger partial charge in [-0.05, 0) is 18.2 Å². The fourth-order valence-corrected chi connectivity index (χ4v) is 2.82. The number of fused-ring (bicyclic) bond motifs is 2. The van der Waals surface area contributed by atoms with Crippen LogP contribution in [0.1, 0.15) is 11.3 Å². The molecule has 1 aromatic carbocycles. The maximum Gasteiger partial charge on any atom is 0.137 e. The Morgan fingerprint density at radius 3 is 2.71 bits per heavy atom. The van der Waals surface area contributed by atoms with E-state index < -0.39 is 0 Å². The topological polar surface area (TPSA) is 42.5 Å². The van der Waals surface area contributed by atoms with Crippen molar-refractivity contribution < 1.29 is 5.11 Å². The summed E-state index contributed by atoms with van der Waals surface area (Å²) in [6.45, 7) is 0.751. The lowest BCUT2D eigenvalue weighted by molar-refractivity contribution is 0.283. The summed E-state index contributed by atoms with van der Waals surface area (Å²) in [6, 6.07) is 14.1. The minimum Gasteiger partial charge on any atom is -0.392 e. The number of imidazole rings is 1. The van der Waals surface area contributed by atoms with Gasteiger partial charge in [0.2, 0.25) is 0 Å². The maximum absolute atomic E-state index is 9.50. The van der Waals surface area contributed by atoms with Crippen LogP contribution in [0.15, 0.2) is 61.1 Å². The summed E-state index contributed by atoms with van der Waals surface area (Å²) in [4.78, 5) is 4.63. The summed E-state index contributed by atoms with van der Waals surface area (Å²) in [7, 11) is 0. The third-order valence-corrected chi connectivity index (χ3v) is 3.79. The average Bonchev–Trinajstić information content (AvgIpc) is 3.08. The standard InChI is InChI=1S/C17H15N3O/c21-12-13-9-20(16-6-2-1-5-15(13)16)11-14-10-19-8-4-3-7-17(19)18-14/h1-10,21H,11-12H2. The molecular weight excluding hydrogens is 262 g/mol. The number of rotatable bonds is 3. The molecule has 4 nitrogen and oxygen atoms in total. The van der Waals surface area contributed by atoms with E-state index in [-0.39, 0.29) is 6.61 Å². The van der Waals surface area contributed by atoms with Crippen LogP contribution in [-0.4, -0.2) is 19.1 Å². The van der Waals surface area contributed by atoms with E-state index in [9.17, 15) is 5.11 Å². The molecule has 3 heterocycles. The number of hydrogen-bond donors (Lipinski definition) is 1. The third kappa shape index (κ3) is 2.00. The number of aliphatic hydroxyl groups is 1. The average molecular weight is 277 g/mol. The molecule has 0 aliphatic rings. The van der Waals surface area contributed by atoms with Crippen LogP contribution in [-0.2, 0) is 13.2 Å². The number of nitrogens with zero attached hydrogens (tertiary/aromatic N) is 3. The monoisotopic (exact) mass is 277 g/mol. The molecule has 3 aromatic heterocycles. The summed E-state index contributed by atoms with van der Waals surface area (Å²) in [5.41, 5.74) is 4.03. The fraction of sp³-hybridized carbons (Fsp3) is 0.118. The highest BCUT2D eigenvalue weighted by Crippen LogP contribution is 2.22. The summed E-state index contributed by atoms with van der Waals surface area (Å²) >= 11 is 0. The van der Waals surface area contributed by atoms with Crippen molar-refractivity contribution in [2.24, 2.45) is 0 Å². The van der Waals surface area contributed by atoms with Gasteiger partial charge in [0.15, 0.2) is 0 Å². The summed E-state index contributed by atoms with van der Waals surface area (Å²) in [5, 5.41) is 10.6. The molecule has 4 heteroatoms. The Morgan fingerprint density at radius 1 is 1.00 bits per heavy atom. The van der Waals surface area contributed by atoms with Gasteiger partial charge in [-0.25, -0.2) is 4.98 Å². The van der Waals surface area contributed by atoms with E-state index in [4.69, 9.17) is 0 Å². The van der Waals surface area contributed by atoms with Crippen LogP contribution in [0.25, 0.3) is 16.6 Å². The Labute approximate surface area is 121 Å². The lowest BCUT2D eigenvalue weighted by Crippen LogP contribution is -1.98. The molecule has 0 spiro atoms. The minimum atomic E-state index is 0.0542. The zero-order chi connectivity index (χ0) is 14.2. The quantitative estimate of drug-likeness (QED) is 0.625. The Bertz CT molecular complexity index is 887. The van der Waals surface area contributed by atoms with Crippen LogP contribution >= 0.6 is 0 Å². The van der Waals surface area contributed by atoms with Crippen molar-refractivity contribution in [3.8, 4) is 0 Å². The first kappa shape index (κ1) is 12.2. The molecular formula is C17H15N3O. The van der Waals surface area contributed by atoms with Crippen molar-refractivity contribution in [1.82, 2.24) is 14.0 Å². The molecule has 0 radical (unpaired) electrons. The van der Waals surface area contributed by atoms with Crippen molar-refractivity contribution in [2.75, 3.05) is 0 Å². The van der Waals surface area contributed by atoms with Gasteiger partial charge in [-0.15, -0.1) is 0 Å². The van der Waals surface area contributed by atoms with E-state index in [0.29, 0.717) is 6.54 Å². The van der Waals surface area contributed by atoms with E-state index in [0.717, 1.165) is 27.8 Å². The number of benzene rings is 1. The molecule has 0 saturated carbocycles. The minimum absolute atomic E-state index is 0.0542. The zero-order valence-electron chi connectivity index (χ0n) is 11.5. The Kier molecular flexibility index (Phi) is 2.75. The van der Waals surface area contributed by atoms with Crippen molar-refractivity contribution in [1.29, 1.82) is 0 Å². The first-order valence-corrected chi connectivity index (χ1v) is 6.95. The van der Waals surface area contributed by atoms with Crippen LogP contribution in [0.3, 0.4) is 0 Å². The maximum atomic E-state index is 9.50. The molecule has 0 amide bonds. The fourth-order valence-electron chi connectivity index (χ4n) is 2.82. The van der Waals surface area contributed by atoms with Gasteiger partial charge >= 0.3 is 0 Å². The second-order valence-corrected chi connectivity index (χ2v) is 5.16. The van der Waals surface area contributed by atoms with Gasteiger partial charge in [-0.3, -0.25) is 0 Å². The third-order valence-electron chi connectivity index (χ3n) is 3.79. The highest BCUT2D eigenvalue weighted by Gasteiger charge is 2.09. The van der Waals surface area contributed by atoms with Gasteiger partial charge in [0.25, 0.3) is 0 Å². The summed E-state index contributed by atoms with van der Waals surface area (Å²) in [5.74, 6) is 0. The number of aromatic nitrogens is 3. The Morgan fingerprint density at radius 2 is 1.86 bits per heavy atom. The molecule has 0 fully saturated rings. The van der Waals surface area contributed by atoms with Gasteiger partial charge < -0.3 is 14.1 Å². The van der Waals surface area contributed by atoms with Gasteiger partial charge in [0.1, 0.15) is 5.65 Å². The van der Waals surface area contributed by atoms with Crippen LogP contribution in [0, 0.1) is 0 Å². The van der Waals surface area contributed by atoms with Gasteiger partial charge in [-0.2, -0.15) is 0 Å². The van der Waals surface area contributed by atoms with Crippen LogP contribution in [0.5, 0.6) is 0 Å². The van der Waals surface area contributed by atoms with E-state index in [1.54, 1.807) is 0 Å². The van der Waals surface area contributed by atoms with Crippen molar-refractivity contribution in [2.45, 2.75) is 13.2 Å². The van der Waals surface area contributed by atoms with Gasteiger partial charge in [-0.1, -0.05) is 24.3 Å². The molecule has 21 heavy (non-hydrogen) atoms. The number of pyridine rings is 1. The van der Waals surface area contributed by atoms with Crippen LogP contribution in [0.2, 0.25) is 0 Å². The molecule has 0 atom stereocenters. The largest absolute Gasteiger partial charge is 0.392 e. The van der Waals surface area contributed by atoms with E-state index in [2.05, 4.69) is 15.6 Å². The summed E-state index contributed by atoms with van der Waals surface area (Å²) in [6.07, 6.45) is 6.05. The van der Waals surface area contributed by atoms with Crippen LogP contribution in [0.4, 0.5) is 0 Å². The lowest BCUT2D eigenvalue weighted by atomic mass is 10.2. The molecule has 0 aliphatic carbocycles. The molecule has 0 unspecified atom stereocenters. The number of aliphatic hydroxyl groups excluding tert-OH is 1. The van der Waals surface area contributed by atoms with Crippen molar-refractivity contribution >= 4 is 16.6 Å². The highest BCUT2D eigenvalue weighted by molar-refractivity contribution is 5.83. The second kappa shape index (κ2) is 4.75. The number of para-hydroxylation sites is 1. The van der Waals surface area contributed by atoms with Crippen LogP contribution < -0.4 is 0 Å². The second-order valence-electron chi connectivity index (χ2n) is 5.16. The normalized spacial score (nSPS) is 11.5. The molecule has 0 bridgehead atoms. The van der Waals surface area contributed by atoms with E-state index in [1.807, 2.05) is 59.4 Å². The molecule has 1 N–H and O–H groups in total. The molecule has 4 rings (SSSR count). The van der Waals surface area contributed by atoms with Gasteiger partial charge in [0, 0.05) is 35.1 Å². The van der Waals surface area contributed by atoms with Crippen molar-refractivity contribution in [3.05, 3.63) is 72.3 Å². The predicted octanol–water partition coefficient (Wildman–Crippen LogP) is 2.83. The van der Waals surface area contributed by atoms with Crippen molar-refractivity contribution in [3.63, 3.8) is 0 Å². The van der Waals surface area contributed by atoms with Gasteiger partial charge in [0.05, 0.1) is 18.8 Å². The molecule has 0 aliphatic heterocycles. The molecule has 0 saturated heterocycles. The zero-order valence-corrected chi connectivity index (χ0v) is 11.5. The summed E-state index contributed by atoms with van der Waals surface area (Å²) < 4.78 is 4.16. The predicted molar refractivity (Wildman–Crippen MR) is 82.2 cm³/mol. The smallest absolute Gasteiger partial charge is 0.137 e. The molecule has 4 aromatic rings. The van der Waals surface area contributed by atoms with E-state index in [1.165, 1.54) is 0 Å². The Hall–Kier alpha value is -2.59. The van der Waals surface area contributed by atoms with E-state index >= 15 is 0 Å². The Balaban J connectivity index is 1.80. The first-order chi connectivity index (χ1) is 10.3. The SMILES string of the molecule is OCc1cn(Cc2cn3ccccc3n2)c2ccccc12. The first-order valence-electron chi connectivity index (χ1n) is 6.95. The molecule has 104 valence electrons. The highest BCUT2D eigenvalue weighted by atomic mass is 16.3. The lowest BCUT2D eigenvalue weighted by Gasteiger charge is -2.01. The number of hydrogen-bond acceptors (Lipinski definition) is 2.